The van der Waals surface area contributed by atoms with Crippen molar-refractivity contribution in [3.05, 3.63) is 21.3 Å². The van der Waals surface area contributed by atoms with Crippen molar-refractivity contribution in [3.8, 4) is 0 Å². The molecule has 1 N–H and O–H groups in total. The molecule has 1 aliphatic rings. The van der Waals surface area contributed by atoms with Crippen LogP contribution in [0, 0.1) is 0 Å². The van der Waals surface area contributed by atoms with Crippen LogP contribution in [-0.4, -0.2) is 19.3 Å². The second-order valence-electron chi connectivity index (χ2n) is 4.74. The summed E-state index contributed by atoms with van der Waals surface area (Å²) in [6.07, 6.45) is 5.24. The molecule has 0 aliphatic heterocycles. The third-order valence-corrected chi connectivity index (χ3v) is 4.93. The highest BCUT2D eigenvalue weighted by molar-refractivity contribution is 7.16. The van der Waals surface area contributed by atoms with E-state index in [1.165, 1.54) is 30.6 Å². The Kier molecular flexibility index (Phi) is 4.86. The molecule has 0 aromatic carbocycles. The van der Waals surface area contributed by atoms with E-state index in [9.17, 15) is 0 Å². The number of hydrogen-bond acceptors (Lipinski definition) is 3. The smallest absolute Gasteiger partial charge is 0.0931 e. The monoisotopic (exact) mass is 273 g/mol. The first-order valence-corrected chi connectivity index (χ1v) is 7.42. The van der Waals surface area contributed by atoms with Gasteiger partial charge in [-0.1, -0.05) is 11.6 Å². The quantitative estimate of drug-likeness (QED) is 0.895. The normalized spacial score (nSPS) is 27.0. The number of hydrogen-bond donors (Lipinski definition) is 1. The van der Waals surface area contributed by atoms with Gasteiger partial charge in [-0.3, -0.25) is 0 Å². The Morgan fingerprint density at radius 2 is 2.06 bits per heavy atom. The summed E-state index contributed by atoms with van der Waals surface area (Å²) in [5.41, 5.74) is 0. The Morgan fingerprint density at radius 1 is 1.35 bits per heavy atom. The first kappa shape index (κ1) is 13.3. The summed E-state index contributed by atoms with van der Waals surface area (Å²) in [6.45, 7) is 2.21. The minimum absolute atomic E-state index is 0.400. The number of nitrogens with one attached hydrogen (secondary N) is 1. The summed E-state index contributed by atoms with van der Waals surface area (Å²) in [7, 11) is 1.81. The molecule has 4 heteroatoms. The second-order valence-corrected chi connectivity index (χ2v) is 6.49. The molecule has 1 aliphatic carbocycles. The average Bonchev–Trinajstić information content (AvgIpc) is 2.77. The van der Waals surface area contributed by atoms with Gasteiger partial charge < -0.3 is 10.1 Å². The molecule has 0 saturated heterocycles. The molecule has 1 saturated carbocycles. The fourth-order valence-electron chi connectivity index (χ4n) is 2.46. The van der Waals surface area contributed by atoms with E-state index in [1.54, 1.807) is 11.3 Å². The lowest BCUT2D eigenvalue weighted by Crippen LogP contribution is -2.36. The molecule has 0 bridgehead atoms. The van der Waals surface area contributed by atoms with E-state index in [2.05, 4.69) is 18.3 Å². The van der Waals surface area contributed by atoms with Crippen LogP contribution in [0.1, 0.15) is 43.5 Å². The Labute approximate surface area is 112 Å². The van der Waals surface area contributed by atoms with E-state index in [-0.39, 0.29) is 0 Å². The van der Waals surface area contributed by atoms with Crippen LogP contribution < -0.4 is 5.32 Å². The summed E-state index contributed by atoms with van der Waals surface area (Å²) in [5.74, 6) is 0. The van der Waals surface area contributed by atoms with Crippen LogP contribution in [-0.2, 0) is 4.74 Å². The molecule has 0 spiro atoms. The second kappa shape index (κ2) is 6.19. The van der Waals surface area contributed by atoms with Crippen molar-refractivity contribution in [2.75, 3.05) is 7.11 Å². The molecule has 1 heterocycles. The third-order valence-electron chi connectivity index (χ3n) is 3.51. The zero-order chi connectivity index (χ0) is 12.3. The van der Waals surface area contributed by atoms with Crippen molar-refractivity contribution in [1.29, 1.82) is 0 Å². The van der Waals surface area contributed by atoms with E-state index < -0.39 is 0 Å². The summed E-state index contributed by atoms with van der Waals surface area (Å²) in [4.78, 5) is 1.32. The Hall–Kier alpha value is -0.0900. The Bertz CT molecular complexity index is 347. The van der Waals surface area contributed by atoms with Crippen LogP contribution in [0.3, 0.4) is 0 Å². The van der Waals surface area contributed by atoms with Gasteiger partial charge in [-0.25, -0.2) is 0 Å². The number of halogens is 1. The molecule has 1 unspecified atom stereocenters. The van der Waals surface area contributed by atoms with Gasteiger partial charge in [0.05, 0.1) is 10.4 Å². The van der Waals surface area contributed by atoms with Gasteiger partial charge in [-0.2, -0.15) is 0 Å². The zero-order valence-corrected chi connectivity index (χ0v) is 12.0. The van der Waals surface area contributed by atoms with Crippen molar-refractivity contribution >= 4 is 22.9 Å². The summed E-state index contributed by atoms with van der Waals surface area (Å²) in [5, 5.41) is 3.69. The van der Waals surface area contributed by atoms with E-state index in [0.29, 0.717) is 18.2 Å². The van der Waals surface area contributed by atoms with Gasteiger partial charge in [0.15, 0.2) is 0 Å². The molecular formula is C13H20ClNOS. The molecule has 2 nitrogen and oxygen atoms in total. The maximum atomic E-state index is 5.96. The van der Waals surface area contributed by atoms with Gasteiger partial charge >= 0.3 is 0 Å². The SMILES string of the molecule is COC1CCC(NC(C)c2ccc(Cl)s2)CC1. The number of rotatable bonds is 4. The van der Waals surface area contributed by atoms with Crippen LogP contribution in [0.2, 0.25) is 4.34 Å². The number of ether oxygens (including phenoxy) is 1. The molecule has 0 radical (unpaired) electrons. The lowest BCUT2D eigenvalue weighted by Gasteiger charge is -2.30. The highest BCUT2D eigenvalue weighted by Crippen LogP contribution is 2.28. The van der Waals surface area contributed by atoms with Gasteiger partial charge in [-0.05, 0) is 44.7 Å². The average molecular weight is 274 g/mol. The van der Waals surface area contributed by atoms with E-state index in [0.717, 1.165) is 4.34 Å². The standard InChI is InChI=1S/C13H20ClNOS/c1-9(12-7-8-13(14)17-12)15-10-3-5-11(16-2)6-4-10/h7-11,15H,3-6H2,1-2H3. The largest absolute Gasteiger partial charge is 0.381 e. The lowest BCUT2D eigenvalue weighted by atomic mass is 9.92. The van der Waals surface area contributed by atoms with Crippen molar-refractivity contribution in [2.24, 2.45) is 0 Å². The molecule has 2 rings (SSSR count). The summed E-state index contributed by atoms with van der Waals surface area (Å²) >= 11 is 7.63. The highest BCUT2D eigenvalue weighted by Gasteiger charge is 2.22. The van der Waals surface area contributed by atoms with Crippen LogP contribution in [0.15, 0.2) is 12.1 Å². The fraction of sp³-hybridized carbons (Fsp3) is 0.692. The maximum absolute atomic E-state index is 5.96. The van der Waals surface area contributed by atoms with Crippen molar-refractivity contribution in [3.63, 3.8) is 0 Å². The Balaban J connectivity index is 1.81. The predicted molar refractivity (Wildman–Crippen MR) is 73.9 cm³/mol. The Morgan fingerprint density at radius 3 is 2.59 bits per heavy atom. The van der Waals surface area contributed by atoms with Crippen molar-refractivity contribution in [2.45, 2.75) is 50.8 Å². The van der Waals surface area contributed by atoms with Gasteiger partial charge in [0.2, 0.25) is 0 Å². The van der Waals surface area contributed by atoms with Crippen molar-refractivity contribution in [1.82, 2.24) is 5.32 Å². The van der Waals surface area contributed by atoms with Gasteiger partial charge in [0, 0.05) is 24.1 Å². The molecule has 17 heavy (non-hydrogen) atoms. The van der Waals surface area contributed by atoms with E-state index in [1.807, 2.05) is 13.2 Å². The third kappa shape index (κ3) is 3.68. The van der Waals surface area contributed by atoms with Crippen molar-refractivity contribution < 1.29 is 4.74 Å². The zero-order valence-electron chi connectivity index (χ0n) is 10.4. The first-order valence-electron chi connectivity index (χ1n) is 6.23. The number of thiophene rings is 1. The summed E-state index contributed by atoms with van der Waals surface area (Å²) < 4.78 is 6.26. The minimum Gasteiger partial charge on any atom is -0.381 e. The number of methoxy groups -OCH3 is 1. The van der Waals surface area contributed by atoms with E-state index in [4.69, 9.17) is 16.3 Å². The fourth-order valence-corrected chi connectivity index (χ4v) is 3.53. The van der Waals surface area contributed by atoms with Gasteiger partial charge in [0.25, 0.3) is 0 Å². The molecule has 1 fully saturated rings. The highest BCUT2D eigenvalue weighted by atomic mass is 35.5. The topological polar surface area (TPSA) is 21.3 Å². The minimum atomic E-state index is 0.400. The lowest BCUT2D eigenvalue weighted by molar-refractivity contribution is 0.0614. The van der Waals surface area contributed by atoms with Crippen LogP contribution in [0.4, 0.5) is 0 Å². The maximum Gasteiger partial charge on any atom is 0.0931 e. The first-order chi connectivity index (χ1) is 8.19. The predicted octanol–water partition coefficient (Wildman–Crippen LogP) is 4.01. The molecule has 1 atom stereocenters. The molecule has 96 valence electrons. The van der Waals surface area contributed by atoms with Crippen LogP contribution >= 0.6 is 22.9 Å². The van der Waals surface area contributed by atoms with Gasteiger partial charge in [-0.15, -0.1) is 11.3 Å². The van der Waals surface area contributed by atoms with E-state index >= 15 is 0 Å². The summed E-state index contributed by atoms with van der Waals surface area (Å²) in [6, 6.07) is 5.11. The molecule has 1 aromatic heterocycles. The van der Waals surface area contributed by atoms with Gasteiger partial charge in [0.1, 0.15) is 0 Å². The molecule has 0 amide bonds. The van der Waals surface area contributed by atoms with Crippen LogP contribution in [0.25, 0.3) is 0 Å². The molecule has 1 aromatic rings. The molecular weight excluding hydrogens is 254 g/mol. The van der Waals surface area contributed by atoms with Crippen LogP contribution in [0.5, 0.6) is 0 Å².